The van der Waals surface area contributed by atoms with Crippen LogP contribution in [0.15, 0.2) is 47.6 Å². The maximum atomic E-state index is 12.7. The number of hydrogen-bond acceptors (Lipinski definition) is 4. The molecule has 0 fully saturated rings. The van der Waals surface area contributed by atoms with E-state index in [0.29, 0.717) is 6.07 Å². The highest BCUT2D eigenvalue weighted by Crippen LogP contribution is 2.34. The first-order chi connectivity index (χ1) is 12.0. The molecule has 0 unspecified atom stereocenters. The predicted molar refractivity (Wildman–Crippen MR) is 94.5 cm³/mol. The Morgan fingerprint density at radius 1 is 1.04 bits per heavy atom. The minimum absolute atomic E-state index is 0.00869. The topological polar surface area (TPSA) is 67.5 Å². The number of nitrogens with zero attached hydrogens (tertiary/aromatic N) is 2. The molecule has 0 aromatic heterocycles. The third-order valence-electron chi connectivity index (χ3n) is 3.70. The van der Waals surface area contributed by atoms with Crippen LogP contribution in [0.4, 0.5) is 24.5 Å². The first kappa shape index (κ1) is 19.4. The SMILES string of the molecule is CC(C)(C)c1ccc(/C=N/Nc2ccc(C(F)(F)F)cc2[N+](=O)[O-])cc1. The fourth-order valence-electron chi connectivity index (χ4n) is 2.20. The van der Waals surface area contributed by atoms with Gasteiger partial charge in [-0.25, -0.2) is 0 Å². The van der Waals surface area contributed by atoms with E-state index >= 15 is 0 Å². The third-order valence-corrected chi connectivity index (χ3v) is 3.70. The van der Waals surface area contributed by atoms with Gasteiger partial charge < -0.3 is 0 Å². The molecule has 2 aromatic rings. The van der Waals surface area contributed by atoms with Gasteiger partial charge in [0.2, 0.25) is 0 Å². The molecule has 0 bridgehead atoms. The summed E-state index contributed by atoms with van der Waals surface area (Å²) in [7, 11) is 0. The van der Waals surface area contributed by atoms with E-state index in [1.54, 1.807) is 0 Å². The summed E-state index contributed by atoms with van der Waals surface area (Å²) < 4.78 is 38.0. The van der Waals surface area contributed by atoms with Crippen LogP contribution in [-0.4, -0.2) is 11.1 Å². The van der Waals surface area contributed by atoms with Crippen LogP contribution >= 0.6 is 0 Å². The van der Waals surface area contributed by atoms with E-state index in [1.807, 2.05) is 24.3 Å². The van der Waals surface area contributed by atoms with E-state index in [0.717, 1.165) is 23.3 Å². The summed E-state index contributed by atoms with van der Waals surface area (Å²) in [5, 5.41) is 14.9. The molecule has 0 saturated carbocycles. The summed E-state index contributed by atoms with van der Waals surface area (Å²) in [5.74, 6) is 0. The minimum atomic E-state index is -4.65. The van der Waals surface area contributed by atoms with Crippen molar-refractivity contribution >= 4 is 17.6 Å². The van der Waals surface area contributed by atoms with Crippen LogP contribution in [0.1, 0.15) is 37.5 Å². The largest absolute Gasteiger partial charge is 0.416 e. The van der Waals surface area contributed by atoms with Gasteiger partial charge >= 0.3 is 6.18 Å². The normalized spacial score (nSPS) is 12.4. The first-order valence-electron chi connectivity index (χ1n) is 7.74. The van der Waals surface area contributed by atoms with Gasteiger partial charge in [-0.15, -0.1) is 0 Å². The maximum absolute atomic E-state index is 12.7. The molecule has 0 aliphatic carbocycles. The van der Waals surface area contributed by atoms with Crippen molar-refractivity contribution in [3.8, 4) is 0 Å². The van der Waals surface area contributed by atoms with Crippen LogP contribution in [0.3, 0.4) is 0 Å². The second kappa shape index (κ2) is 7.15. The summed E-state index contributed by atoms with van der Waals surface area (Å²) in [4.78, 5) is 10.1. The quantitative estimate of drug-likeness (QED) is 0.451. The summed E-state index contributed by atoms with van der Waals surface area (Å²) in [6.45, 7) is 6.25. The van der Waals surface area contributed by atoms with Crippen molar-refractivity contribution in [1.29, 1.82) is 0 Å². The van der Waals surface area contributed by atoms with Crippen LogP contribution in [-0.2, 0) is 11.6 Å². The molecule has 0 aliphatic heterocycles. The average Bonchev–Trinajstić information content (AvgIpc) is 2.53. The lowest BCUT2D eigenvalue weighted by atomic mass is 9.87. The Balaban J connectivity index is 2.18. The van der Waals surface area contributed by atoms with Crippen molar-refractivity contribution < 1.29 is 18.1 Å². The van der Waals surface area contributed by atoms with E-state index in [-0.39, 0.29) is 11.1 Å². The molecule has 0 spiro atoms. The van der Waals surface area contributed by atoms with Crippen LogP contribution < -0.4 is 5.43 Å². The van der Waals surface area contributed by atoms with Crippen molar-refractivity contribution in [2.45, 2.75) is 32.4 Å². The van der Waals surface area contributed by atoms with Crippen molar-refractivity contribution in [3.63, 3.8) is 0 Å². The van der Waals surface area contributed by atoms with E-state index in [9.17, 15) is 23.3 Å². The lowest BCUT2D eigenvalue weighted by molar-refractivity contribution is -0.384. The minimum Gasteiger partial charge on any atom is -0.272 e. The van der Waals surface area contributed by atoms with Gasteiger partial charge in [0.25, 0.3) is 5.69 Å². The van der Waals surface area contributed by atoms with Gasteiger partial charge in [-0.1, -0.05) is 45.0 Å². The Morgan fingerprint density at radius 3 is 2.12 bits per heavy atom. The predicted octanol–water partition coefficient (Wildman–Crippen LogP) is 5.36. The van der Waals surface area contributed by atoms with Crippen LogP contribution in [0, 0.1) is 10.1 Å². The standard InChI is InChI=1S/C18H18F3N3O2/c1-17(2,3)13-6-4-12(5-7-13)11-22-23-15-9-8-14(18(19,20)21)10-16(15)24(25)26/h4-11,23H,1-3H3/b22-11+. The lowest BCUT2D eigenvalue weighted by Gasteiger charge is -2.18. The molecule has 138 valence electrons. The molecule has 0 aliphatic rings. The monoisotopic (exact) mass is 365 g/mol. The van der Waals surface area contributed by atoms with Crippen LogP contribution in [0.2, 0.25) is 0 Å². The van der Waals surface area contributed by atoms with Gasteiger partial charge in [-0.05, 0) is 28.7 Å². The number of hydrogen-bond donors (Lipinski definition) is 1. The lowest BCUT2D eigenvalue weighted by Crippen LogP contribution is -2.10. The molecule has 0 amide bonds. The fraction of sp³-hybridized carbons (Fsp3) is 0.278. The molecule has 8 heteroatoms. The van der Waals surface area contributed by atoms with Gasteiger partial charge in [-0.3, -0.25) is 15.5 Å². The molecule has 0 saturated heterocycles. The number of nitro groups is 1. The summed E-state index contributed by atoms with van der Waals surface area (Å²) in [6, 6.07) is 9.81. The number of rotatable bonds is 4. The highest BCUT2D eigenvalue weighted by molar-refractivity contribution is 5.80. The summed E-state index contributed by atoms with van der Waals surface area (Å²) in [5.41, 5.74) is 2.42. The molecular weight excluding hydrogens is 347 g/mol. The third kappa shape index (κ3) is 4.81. The van der Waals surface area contributed by atoms with Crippen molar-refractivity contribution in [1.82, 2.24) is 0 Å². The van der Waals surface area contributed by atoms with Gasteiger partial charge in [0, 0.05) is 6.07 Å². The average molecular weight is 365 g/mol. The Hall–Kier alpha value is -2.90. The molecular formula is C18H18F3N3O2. The zero-order chi connectivity index (χ0) is 19.5. The molecule has 26 heavy (non-hydrogen) atoms. The fourth-order valence-corrected chi connectivity index (χ4v) is 2.20. The number of anilines is 1. The first-order valence-corrected chi connectivity index (χ1v) is 7.74. The van der Waals surface area contributed by atoms with Gasteiger partial charge in [-0.2, -0.15) is 18.3 Å². The Kier molecular flexibility index (Phi) is 5.34. The number of nitro benzene ring substituents is 1. The Labute approximate surface area is 148 Å². The highest BCUT2D eigenvalue weighted by atomic mass is 19.4. The number of nitrogens with one attached hydrogen (secondary N) is 1. The maximum Gasteiger partial charge on any atom is 0.416 e. The number of alkyl halides is 3. The van der Waals surface area contributed by atoms with Crippen LogP contribution in [0.5, 0.6) is 0 Å². The molecule has 2 aromatic carbocycles. The zero-order valence-electron chi connectivity index (χ0n) is 14.5. The van der Waals surface area contributed by atoms with Gasteiger partial charge in [0.15, 0.2) is 0 Å². The summed E-state index contributed by atoms with van der Waals surface area (Å²) >= 11 is 0. The Bertz CT molecular complexity index is 823. The number of benzene rings is 2. The summed E-state index contributed by atoms with van der Waals surface area (Å²) in [6.07, 6.45) is -3.21. The van der Waals surface area contributed by atoms with Crippen LogP contribution in [0.25, 0.3) is 0 Å². The molecule has 0 heterocycles. The van der Waals surface area contributed by atoms with Gasteiger partial charge in [0.05, 0.1) is 16.7 Å². The van der Waals surface area contributed by atoms with Crippen molar-refractivity contribution in [3.05, 3.63) is 69.3 Å². The smallest absolute Gasteiger partial charge is 0.272 e. The molecule has 2 rings (SSSR count). The second-order valence-corrected chi connectivity index (χ2v) is 6.73. The van der Waals surface area contributed by atoms with Gasteiger partial charge in [0.1, 0.15) is 5.69 Å². The van der Waals surface area contributed by atoms with Crippen molar-refractivity contribution in [2.24, 2.45) is 5.10 Å². The van der Waals surface area contributed by atoms with E-state index < -0.39 is 22.4 Å². The number of hydrazone groups is 1. The molecule has 0 atom stereocenters. The molecule has 5 nitrogen and oxygen atoms in total. The van der Waals surface area contributed by atoms with E-state index in [1.165, 1.54) is 6.21 Å². The van der Waals surface area contributed by atoms with Crippen molar-refractivity contribution in [2.75, 3.05) is 5.43 Å². The van der Waals surface area contributed by atoms with E-state index in [4.69, 9.17) is 0 Å². The zero-order valence-corrected chi connectivity index (χ0v) is 14.5. The second-order valence-electron chi connectivity index (χ2n) is 6.73. The number of halogens is 3. The molecule has 1 N–H and O–H groups in total. The highest BCUT2D eigenvalue weighted by Gasteiger charge is 2.33. The Morgan fingerprint density at radius 2 is 1.62 bits per heavy atom. The molecule has 0 radical (unpaired) electrons. The van der Waals surface area contributed by atoms with E-state index in [2.05, 4.69) is 31.3 Å².